The van der Waals surface area contributed by atoms with Gasteiger partial charge in [0.25, 0.3) is 0 Å². The van der Waals surface area contributed by atoms with Crippen molar-refractivity contribution in [3.63, 3.8) is 0 Å². The third-order valence-corrected chi connectivity index (χ3v) is 16.4. The number of likely N-dealkylation sites (tertiary alicyclic amines) is 2. The summed E-state index contributed by atoms with van der Waals surface area (Å²) in [6.45, 7) is 4.84. The number of ether oxygens (including phenoxy) is 2. The number of anilines is 1. The van der Waals surface area contributed by atoms with Crippen LogP contribution in [-0.4, -0.2) is 108 Å². The largest absolute Gasteiger partial charge is 0.488 e. The molecule has 5 aromatic rings. The number of piperidine rings is 1. The van der Waals surface area contributed by atoms with E-state index in [4.69, 9.17) is 26.8 Å². The topological polar surface area (TPSA) is 164 Å². The number of amides is 5. The average Bonchev–Trinajstić information content (AvgIpc) is 4.09. The van der Waals surface area contributed by atoms with Gasteiger partial charge in [0, 0.05) is 91.6 Å². The predicted octanol–water partition coefficient (Wildman–Crippen LogP) is 8.48. The summed E-state index contributed by atoms with van der Waals surface area (Å²) in [5.74, 6) is -2.67. The third kappa shape index (κ3) is 9.16. The monoisotopic (exact) mass is 1010 g/mol. The highest BCUT2D eigenvalue weighted by Gasteiger charge is 2.50. The lowest BCUT2D eigenvalue weighted by molar-refractivity contribution is -0.135. The summed E-state index contributed by atoms with van der Waals surface area (Å²) in [6, 6.07) is 19.6. The van der Waals surface area contributed by atoms with E-state index in [0.29, 0.717) is 42.9 Å². The zero-order valence-corrected chi connectivity index (χ0v) is 41.3. The van der Waals surface area contributed by atoms with Crippen LogP contribution in [0.5, 0.6) is 11.5 Å². The minimum atomic E-state index is -1.05. The van der Waals surface area contributed by atoms with Crippen LogP contribution in [0.15, 0.2) is 66.7 Å². The van der Waals surface area contributed by atoms with Gasteiger partial charge in [-0.05, 0) is 106 Å². The van der Waals surface area contributed by atoms with Crippen LogP contribution in [0.4, 0.5) is 23.8 Å². The van der Waals surface area contributed by atoms with Crippen LogP contribution in [0, 0.1) is 17.6 Å². The van der Waals surface area contributed by atoms with Crippen molar-refractivity contribution in [1.82, 2.24) is 30.2 Å². The number of benzene rings is 4. The van der Waals surface area contributed by atoms with Crippen LogP contribution in [0.25, 0.3) is 22.0 Å². The highest BCUT2D eigenvalue weighted by molar-refractivity contribution is 6.34. The second kappa shape index (κ2) is 20.4. The number of nitrogens with two attached hydrogens (primary N) is 1. The lowest BCUT2D eigenvalue weighted by atomic mass is 9.75. The Morgan fingerprint density at radius 2 is 1.72 bits per heavy atom. The van der Waals surface area contributed by atoms with Crippen molar-refractivity contribution < 1.29 is 41.8 Å². The number of aryl methyl sites for hydroxylation is 1. The molecule has 3 atom stereocenters. The highest BCUT2D eigenvalue weighted by Crippen LogP contribution is 2.58. The number of alkyl halides is 1. The molecule has 1 unspecified atom stereocenters. The summed E-state index contributed by atoms with van der Waals surface area (Å²) < 4.78 is 59.3. The Morgan fingerprint density at radius 3 is 2.44 bits per heavy atom. The molecule has 14 nitrogen and oxygen atoms in total. The van der Waals surface area contributed by atoms with Crippen molar-refractivity contribution >= 4 is 52.1 Å². The summed E-state index contributed by atoms with van der Waals surface area (Å²) in [6.07, 6.45) is 6.88. The number of hydrogen-bond acceptors (Lipinski definition) is 9. The van der Waals surface area contributed by atoms with Crippen LogP contribution < -0.4 is 30.7 Å². The molecule has 10 rings (SSSR count). The van der Waals surface area contributed by atoms with Gasteiger partial charge in [0.1, 0.15) is 30.4 Å². The first-order valence-corrected chi connectivity index (χ1v) is 25.6. The fourth-order valence-electron chi connectivity index (χ4n) is 12.2. The number of nitrogens with one attached hydrogen (secondary N) is 2. The number of hydrogen-bond donors (Lipinski definition) is 3. The van der Waals surface area contributed by atoms with E-state index in [1.54, 1.807) is 4.68 Å². The van der Waals surface area contributed by atoms with E-state index >= 15 is 8.78 Å². The number of imide groups is 1. The van der Waals surface area contributed by atoms with Crippen molar-refractivity contribution in [1.29, 1.82) is 0 Å². The molecular formula is C54H60ClF3N8O6. The molecule has 380 valence electrons. The number of primary amides is 1. The van der Waals surface area contributed by atoms with Gasteiger partial charge in [-0.15, -0.1) is 0 Å². The second-order valence-electron chi connectivity index (χ2n) is 20.0. The molecule has 4 N–H and O–H groups in total. The van der Waals surface area contributed by atoms with Crippen molar-refractivity contribution in [2.24, 2.45) is 18.7 Å². The van der Waals surface area contributed by atoms with E-state index in [-0.39, 0.29) is 58.4 Å². The fourth-order valence-corrected chi connectivity index (χ4v) is 12.4. The SMILES string of the molecule is C[C@H]1c2c(cc(F)c(Cl)c2-c2c(C(N)=O)ccc(OCCF)c2F)OC1(CCNC1CCC(C(=O)N2CC[C@H](N3CCC(c4ccc5c(N6CCC(=O)NC6=O)nn(C)c5c4)CC3)C2)CC1)c1ccccc1. The number of carbonyl (C=O) groups is 4. The van der Waals surface area contributed by atoms with E-state index in [1.165, 1.54) is 28.7 Å². The fraction of sp³-hybridized carbons (Fsp3) is 0.463. The van der Waals surface area contributed by atoms with Crippen LogP contribution in [0.3, 0.4) is 0 Å². The van der Waals surface area contributed by atoms with Crippen LogP contribution in [0.2, 0.25) is 5.02 Å². The quantitative estimate of drug-likeness (QED) is 0.0990. The molecule has 0 spiro atoms. The molecule has 72 heavy (non-hydrogen) atoms. The second-order valence-corrected chi connectivity index (χ2v) is 20.4. The first kappa shape index (κ1) is 49.4. The number of nitrogens with zero attached hydrogens (tertiary/aromatic N) is 5. The lowest BCUT2D eigenvalue weighted by Crippen LogP contribution is -2.49. The van der Waals surface area contributed by atoms with E-state index in [1.807, 2.05) is 50.4 Å². The minimum Gasteiger partial charge on any atom is -0.488 e. The molecule has 1 aromatic heterocycles. The minimum absolute atomic E-state index is 0.0326. The van der Waals surface area contributed by atoms with Crippen molar-refractivity contribution in [3.05, 3.63) is 106 Å². The molecule has 3 saturated heterocycles. The Hall–Kier alpha value is -6.17. The molecule has 18 heteroatoms. The van der Waals surface area contributed by atoms with Crippen LogP contribution in [0.1, 0.15) is 104 Å². The summed E-state index contributed by atoms with van der Waals surface area (Å²) in [4.78, 5) is 57.3. The zero-order chi connectivity index (χ0) is 50.4. The third-order valence-electron chi connectivity index (χ3n) is 16.0. The molecule has 0 radical (unpaired) electrons. The Kier molecular flexibility index (Phi) is 14.0. The standard InChI is InChI=1S/C54H60ClF3N8O6/c1-31-45-43(29-40(57)48(55)47(45)46-39(50(59)68)14-15-42(49(46)58)71-27-21-56)72-54(31,35-6-4-3-5-7-35)20-22-60-36-11-8-33(9-12-36)52(69)65-25-18-37(30-65)64-23-16-32(17-24-64)34-10-13-38-41(28-34)63(2)62-51(38)66-26-19-44(67)61-53(66)70/h3-7,10,13-15,28-29,31-33,36-37,60H,8-9,11-12,16-27,30H2,1-2H3,(H2,59,68)(H,61,67,70)/t31-,33?,36?,37-,54?/m0/s1. The Bertz CT molecular complexity index is 2910. The first-order valence-electron chi connectivity index (χ1n) is 25.2. The van der Waals surface area contributed by atoms with Crippen molar-refractivity contribution in [2.75, 3.05) is 57.4 Å². The van der Waals surface area contributed by atoms with E-state index in [9.17, 15) is 23.6 Å². The van der Waals surface area contributed by atoms with Gasteiger partial charge in [-0.1, -0.05) is 54.9 Å². The highest BCUT2D eigenvalue weighted by atomic mass is 35.5. The van der Waals surface area contributed by atoms with Gasteiger partial charge in [-0.25, -0.2) is 18.0 Å². The number of urea groups is 1. The number of halogens is 4. The van der Waals surface area contributed by atoms with E-state index < -0.39 is 53.4 Å². The lowest BCUT2D eigenvalue weighted by Gasteiger charge is -2.37. The van der Waals surface area contributed by atoms with Gasteiger partial charge in [-0.3, -0.25) is 34.2 Å². The maximum atomic E-state index is 16.4. The number of fused-ring (bicyclic) bond motifs is 2. The summed E-state index contributed by atoms with van der Waals surface area (Å²) in [7, 11) is 1.88. The summed E-state index contributed by atoms with van der Waals surface area (Å²) >= 11 is 6.70. The maximum absolute atomic E-state index is 16.4. The molecule has 4 aromatic carbocycles. The van der Waals surface area contributed by atoms with Crippen LogP contribution in [-0.2, 0) is 22.2 Å². The van der Waals surface area contributed by atoms with Gasteiger partial charge in [-0.2, -0.15) is 5.10 Å². The van der Waals surface area contributed by atoms with Gasteiger partial charge in [0.15, 0.2) is 17.4 Å². The molecule has 0 bridgehead atoms. The van der Waals surface area contributed by atoms with Crippen LogP contribution >= 0.6 is 11.6 Å². The van der Waals surface area contributed by atoms with Crippen molar-refractivity contribution in [3.8, 4) is 22.6 Å². The summed E-state index contributed by atoms with van der Waals surface area (Å²) in [5.41, 5.74) is 7.47. The first-order chi connectivity index (χ1) is 34.8. The molecule has 4 fully saturated rings. The van der Waals surface area contributed by atoms with Crippen molar-refractivity contribution in [2.45, 2.75) is 94.2 Å². The van der Waals surface area contributed by atoms with Gasteiger partial charge < -0.3 is 25.4 Å². The number of carbonyl (C=O) groups excluding carboxylic acids is 4. The Labute approximate surface area is 421 Å². The van der Waals surface area contributed by atoms with Gasteiger partial charge >= 0.3 is 6.03 Å². The number of aromatic nitrogens is 2. The van der Waals surface area contributed by atoms with E-state index in [0.717, 1.165) is 87.6 Å². The molecule has 5 heterocycles. The molecule has 4 aliphatic heterocycles. The smallest absolute Gasteiger partial charge is 0.329 e. The normalized spacial score (nSPS) is 23.9. The Morgan fingerprint density at radius 1 is 0.958 bits per heavy atom. The summed E-state index contributed by atoms with van der Waals surface area (Å²) in [5, 5.41) is 11.2. The number of rotatable bonds is 14. The predicted molar refractivity (Wildman–Crippen MR) is 267 cm³/mol. The molecule has 5 amide bonds. The molecule has 5 aliphatic rings. The Balaban J connectivity index is 0.746. The molecule has 1 saturated carbocycles. The van der Waals surface area contributed by atoms with E-state index in [2.05, 4.69) is 37.7 Å². The van der Waals surface area contributed by atoms with Gasteiger partial charge in [0.2, 0.25) is 17.7 Å². The van der Waals surface area contributed by atoms with Gasteiger partial charge in [0.05, 0.1) is 16.1 Å². The molecule has 1 aliphatic carbocycles. The molecular weight excluding hydrogens is 949 g/mol. The average molecular weight is 1010 g/mol. The maximum Gasteiger partial charge on any atom is 0.329 e. The zero-order valence-electron chi connectivity index (χ0n) is 40.5.